The molecule has 0 fully saturated rings. The van der Waals surface area contributed by atoms with Crippen LogP contribution in [0.4, 0.5) is 5.95 Å². The largest absolute Gasteiger partial charge is 0.497 e. The van der Waals surface area contributed by atoms with Crippen molar-refractivity contribution in [2.45, 2.75) is 6.92 Å². The molecule has 25 heavy (non-hydrogen) atoms. The van der Waals surface area contributed by atoms with Crippen LogP contribution in [0, 0.1) is 0 Å². The molecule has 0 aliphatic rings. The van der Waals surface area contributed by atoms with Gasteiger partial charge in [0.2, 0.25) is 11.9 Å². The van der Waals surface area contributed by atoms with E-state index in [-0.39, 0.29) is 5.91 Å². The zero-order chi connectivity index (χ0) is 17.6. The second-order valence-electron chi connectivity index (χ2n) is 5.36. The molecule has 1 heterocycles. The number of aromatic nitrogens is 2. The summed E-state index contributed by atoms with van der Waals surface area (Å²) in [6.45, 7) is 1.44. The van der Waals surface area contributed by atoms with Crippen LogP contribution < -0.4 is 10.1 Å². The molecule has 3 aromatic rings. The van der Waals surface area contributed by atoms with Gasteiger partial charge in [0.15, 0.2) is 0 Å². The number of hydrogen-bond acceptors (Lipinski definition) is 4. The lowest BCUT2D eigenvalue weighted by Crippen LogP contribution is -2.10. The van der Waals surface area contributed by atoms with E-state index in [9.17, 15) is 4.79 Å². The minimum absolute atomic E-state index is 0.203. The smallest absolute Gasteiger partial charge is 0.231 e. The molecule has 0 saturated carbocycles. The van der Waals surface area contributed by atoms with E-state index in [0.717, 1.165) is 22.6 Å². The van der Waals surface area contributed by atoms with Crippen molar-refractivity contribution in [3.8, 4) is 17.0 Å². The van der Waals surface area contributed by atoms with Crippen molar-refractivity contribution in [1.82, 2.24) is 9.66 Å². The van der Waals surface area contributed by atoms with Crippen molar-refractivity contribution in [1.29, 1.82) is 0 Å². The molecule has 6 nitrogen and oxygen atoms in total. The van der Waals surface area contributed by atoms with Gasteiger partial charge in [-0.2, -0.15) is 5.10 Å². The summed E-state index contributed by atoms with van der Waals surface area (Å²) in [5.41, 5.74) is 2.59. The number of amides is 1. The third-order valence-electron chi connectivity index (χ3n) is 3.49. The van der Waals surface area contributed by atoms with Crippen LogP contribution in [0.2, 0.25) is 0 Å². The molecule has 0 aliphatic heterocycles. The number of rotatable bonds is 5. The molecule has 0 atom stereocenters. The monoisotopic (exact) mass is 334 g/mol. The fraction of sp³-hybridized carbons (Fsp3) is 0.105. The lowest BCUT2D eigenvalue weighted by molar-refractivity contribution is -0.114. The Balaban J connectivity index is 1.91. The second-order valence-corrected chi connectivity index (χ2v) is 5.36. The molecule has 0 spiro atoms. The zero-order valence-electron chi connectivity index (χ0n) is 14.0. The fourth-order valence-electron chi connectivity index (χ4n) is 2.27. The number of carbonyl (C=O) groups excluding carboxylic acids is 1. The van der Waals surface area contributed by atoms with E-state index in [1.807, 2.05) is 54.6 Å². The van der Waals surface area contributed by atoms with Gasteiger partial charge >= 0.3 is 0 Å². The molecule has 0 bridgehead atoms. The molecule has 1 N–H and O–H groups in total. The Labute approximate surface area is 145 Å². The highest BCUT2D eigenvalue weighted by Crippen LogP contribution is 2.21. The van der Waals surface area contributed by atoms with E-state index in [4.69, 9.17) is 4.74 Å². The predicted molar refractivity (Wildman–Crippen MR) is 98.0 cm³/mol. The molecule has 0 unspecified atom stereocenters. The highest BCUT2D eigenvalue weighted by molar-refractivity contribution is 5.87. The summed E-state index contributed by atoms with van der Waals surface area (Å²) in [4.78, 5) is 15.9. The topological polar surface area (TPSA) is 68.5 Å². The molecule has 126 valence electrons. The van der Waals surface area contributed by atoms with Crippen LogP contribution >= 0.6 is 0 Å². The maximum atomic E-state index is 11.4. The van der Waals surface area contributed by atoms with E-state index in [0.29, 0.717) is 5.95 Å². The van der Waals surface area contributed by atoms with Crippen LogP contribution in [0.3, 0.4) is 0 Å². The second kappa shape index (κ2) is 7.44. The van der Waals surface area contributed by atoms with E-state index in [1.54, 1.807) is 24.2 Å². The molecular formula is C19H18N4O2. The number of nitrogens with zero attached hydrogens (tertiary/aromatic N) is 3. The first-order valence-corrected chi connectivity index (χ1v) is 7.76. The maximum absolute atomic E-state index is 11.4. The quantitative estimate of drug-likeness (QED) is 0.727. The SMILES string of the molecule is COc1ccc(/C=N/n2cc(-c3ccccc3)nc2NC(C)=O)cc1. The Morgan fingerprint density at radius 3 is 2.52 bits per heavy atom. The Morgan fingerprint density at radius 1 is 1.16 bits per heavy atom. The Hall–Kier alpha value is -3.41. The van der Waals surface area contributed by atoms with Gasteiger partial charge in [-0.3, -0.25) is 10.1 Å². The highest BCUT2D eigenvalue weighted by Gasteiger charge is 2.10. The number of ether oxygens (including phenoxy) is 1. The van der Waals surface area contributed by atoms with E-state index < -0.39 is 0 Å². The van der Waals surface area contributed by atoms with E-state index in [1.165, 1.54) is 6.92 Å². The summed E-state index contributed by atoms with van der Waals surface area (Å²) >= 11 is 0. The summed E-state index contributed by atoms with van der Waals surface area (Å²) in [6, 6.07) is 17.2. The van der Waals surface area contributed by atoms with Gasteiger partial charge in [-0.15, -0.1) is 0 Å². The summed E-state index contributed by atoms with van der Waals surface area (Å²) in [5.74, 6) is 0.951. The van der Waals surface area contributed by atoms with Crippen LogP contribution in [-0.2, 0) is 4.79 Å². The number of anilines is 1. The van der Waals surface area contributed by atoms with Crippen molar-refractivity contribution < 1.29 is 9.53 Å². The minimum atomic E-state index is -0.203. The number of benzene rings is 2. The van der Waals surface area contributed by atoms with Gasteiger partial charge in [-0.25, -0.2) is 9.66 Å². The molecule has 0 aliphatic carbocycles. The van der Waals surface area contributed by atoms with Crippen molar-refractivity contribution in [2.24, 2.45) is 5.10 Å². The summed E-state index contributed by atoms with van der Waals surface area (Å²) in [7, 11) is 1.62. The third kappa shape index (κ3) is 4.11. The highest BCUT2D eigenvalue weighted by atomic mass is 16.5. The summed E-state index contributed by atoms with van der Waals surface area (Å²) in [6.07, 6.45) is 3.47. The standard InChI is InChI=1S/C19H18N4O2/c1-14(24)21-19-22-18(16-6-4-3-5-7-16)13-23(19)20-12-15-8-10-17(25-2)11-9-15/h3-13H,1-2H3,(H,21,22,24)/b20-12+. The van der Waals surface area contributed by atoms with Crippen LogP contribution in [0.25, 0.3) is 11.3 Å². The Morgan fingerprint density at radius 2 is 1.88 bits per heavy atom. The van der Waals surface area contributed by atoms with Crippen LogP contribution in [0.1, 0.15) is 12.5 Å². The van der Waals surface area contributed by atoms with Crippen molar-refractivity contribution >= 4 is 18.1 Å². The molecule has 0 radical (unpaired) electrons. The van der Waals surface area contributed by atoms with Gasteiger partial charge < -0.3 is 4.74 Å². The van der Waals surface area contributed by atoms with Gasteiger partial charge in [-0.05, 0) is 29.8 Å². The van der Waals surface area contributed by atoms with Crippen molar-refractivity contribution in [2.75, 3.05) is 12.4 Å². The fourth-order valence-corrected chi connectivity index (χ4v) is 2.27. The number of imidazole rings is 1. The molecule has 6 heteroatoms. The normalized spacial score (nSPS) is 10.8. The number of nitrogens with one attached hydrogen (secondary N) is 1. The molecule has 1 aromatic heterocycles. The van der Waals surface area contributed by atoms with E-state index in [2.05, 4.69) is 15.4 Å². The lowest BCUT2D eigenvalue weighted by Gasteiger charge is -2.01. The molecule has 1 amide bonds. The van der Waals surface area contributed by atoms with Crippen molar-refractivity contribution in [3.05, 3.63) is 66.4 Å². The Bertz CT molecular complexity index is 884. The average molecular weight is 334 g/mol. The Kier molecular flexibility index (Phi) is 4.89. The van der Waals surface area contributed by atoms with Crippen LogP contribution in [0.5, 0.6) is 5.75 Å². The maximum Gasteiger partial charge on any atom is 0.231 e. The van der Waals surface area contributed by atoms with Crippen LogP contribution in [-0.4, -0.2) is 28.9 Å². The average Bonchev–Trinajstić information content (AvgIpc) is 3.03. The molecule has 0 saturated heterocycles. The predicted octanol–water partition coefficient (Wildman–Crippen LogP) is 3.40. The summed E-state index contributed by atoms with van der Waals surface area (Å²) < 4.78 is 6.69. The van der Waals surface area contributed by atoms with Gasteiger partial charge in [0.05, 0.1) is 25.2 Å². The minimum Gasteiger partial charge on any atom is -0.497 e. The number of carbonyl (C=O) groups is 1. The molecular weight excluding hydrogens is 316 g/mol. The number of methoxy groups -OCH3 is 1. The van der Waals surface area contributed by atoms with Gasteiger partial charge in [0.1, 0.15) is 5.75 Å². The lowest BCUT2D eigenvalue weighted by atomic mass is 10.2. The van der Waals surface area contributed by atoms with Crippen molar-refractivity contribution in [3.63, 3.8) is 0 Å². The number of hydrogen-bond donors (Lipinski definition) is 1. The third-order valence-corrected chi connectivity index (χ3v) is 3.49. The first kappa shape index (κ1) is 16.4. The van der Waals surface area contributed by atoms with E-state index >= 15 is 0 Å². The summed E-state index contributed by atoms with van der Waals surface area (Å²) in [5, 5.41) is 7.10. The van der Waals surface area contributed by atoms with Gasteiger partial charge in [0, 0.05) is 12.5 Å². The molecule has 3 rings (SSSR count). The first-order valence-electron chi connectivity index (χ1n) is 7.76. The van der Waals surface area contributed by atoms with Gasteiger partial charge in [-0.1, -0.05) is 30.3 Å². The zero-order valence-corrected chi connectivity index (χ0v) is 14.0. The molecule has 2 aromatic carbocycles. The van der Waals surface area contributed by atoms with Gasteiger partial charge in [0.25, 0.3) is 0 Å². The first-order chi connectivity index (χ1) is 12.2. The van der Waals surface area contributed by atoms with Crippen LogP contribution in [0.15, 0.2) is 65.9 Å².